The van der Waals surface area contributed by atoms with Crippen LogP contribution in [0.2, 0.25) is 0 Å². The van der Waals surface area contributed by atoms with Gasteiger partial charge in [-0.05, 0) is 18.2 Å². The quantitative estimate of drug-likeness (QED) is 0.517. The van der Waals surface area contributed by atoms with E-state index in [2.05, 4.69) is 0 Å². The van der Waals surface area contributed by atoms with E-state index in [1.54, 1.807) is 0 Å². The summed E-state index contributed by atoms with van der Waals surface area (Å²) < 4.78 is 37.0. The van der Waals surface area contributed by atoms with Crippen LogP contribution in [-0.2, 0) is 0 Å². The molecule has 1 rings (SSSR count). The van der Waals surface area contributed by atoms with Crippen LogP contribution in [0.3, 0.4) is 0 Å². The molecule has 0 fully saturated rings. The summed E-state index contributed by atoms with van der Waals surface area (Å²) in [6.45, 7) is 0. The fourth-order valence-corrected chi connectivity index (χ4v) is 0.622. The summed E-state index contributed by atoms with van der Waals surface area (Å²) in [5.41, 5.74) is 4.74. The van der Waals surface area contributed by atoms with Crippen LogP contribution in [0.4, 0.5) is 13.2 Å². The average molecular weight is 149 g/mol. The summed E-state index contributed by atoms with van der Waals surface area (Å²) >= 11 is 0. The monoisotopic (exact) mass is 149 g/mol. The molecule has 2 N–H and O–H groups in total. The van der Waals surface area contributed by atoms with Crippen molar-refractivity contribution in [2.45, 2.75) is 12.0 Å². The van der Waals surface area contributed by atoms with Gasteiger partial charge in [0.25, 0.3) is 0 Å². The lowest BCUT2D eigenvalue weighted by Gasteiger charge is -2.20. The Morgan fingerprint density at radius 3 is 2.60 bits per heavy atom. The van der Waals surface area contributed by atoms with Crippen molar-refractivity contribution < 1.29 is 13.2 Å². The smallest absolute Gasteiger partial charge is 0.213 e. The van der Waals surface area contributed by atoms with E-state index in [0.717, 1.165) is 6.08 Å². The Kier molecular flexibility index (Phi) is 1.56. The van der Waals surface area contributed by atoms with Crippen molar-refractivity contribution in [3.8, 4) is 0 Å². The van der Waals surface area contributed by atoms with Crippen molar-refractivity contribution in [2.24, 2.45) is 5.73 Å². The fourth-order valence-electron chi connectivity index (χ4n) is 0.622. The average Bonchev–Trinajstić information content (AvgIpc) is 1.81. The third kappa shape index (κ3) is 1.21. The van der Waals surface area contributed by atoms with E-state index in [0.29, 0.717) is 12.2 Å². The number of halogens is 3. The third-order valence-corrected chi connectivity index (χ3v) is 1.23. The van der Waals surface area contributed by atoms with Crippen LogP contribution in [0.1, 0.15) is 0 Å². The molecule has 0 radical (unpaired) electrons. The Morgan fingerprint density at radius 1 is 1.60 bits per heavy atom. The first-order valence-electron chi connectivity index (χ1n) is 2.71. The normalized spacial score (nSPS) is 39.6. The zero-order chi connectivity index (χ0) is 7.78. The topological polar surface area (TPSA) is 26.0 Å². The minimum absolute atomic E-state index is 0.500. The van der Waals surface area contributed by atoms with E-state index in [-0.39, 0.29) is 0 Å². The summed E-state index contributed by atoms with van der Waals surface area (Å²) in [6.07, 6.45) is -0.124. The van der Waals surface area contributed by atoms with E-state index >= 15 is 0 Å². The maximum atomic E-state index is 12.5. The van der Waals surface area contributed by atoms with Crippen LogP contribution in [-0.4, -0.2) is 12.0 Å². The molecule has 2 unspecified atom stereocenters. The number of hydrogen-bond acceptors (Lipinski definition) is 1. The Morgan fingerprint density at radius 2 is 2.20 bits per heavy atom. The Hall–Kier alpha value is -0.770. The third-order valence-electron chi connectivity index (χ3n) is 1.23. The summed E-state index contributed by atoms with van der Waals surface area (Å²) in [7, 11) is 0. The molecule has 0 amide bonds. The Balaban J connectivity index is 2.84. The highest BCUT2D eigenvalue weighted by Crippen LogP contribution is 2.23. The highest BCUT2D eigenvalue weighted by atomic mass is 19.2. The fraction of sp³-hybridized carbons (Fsp3) is 0.333. The van der Waals surface area contributed by atoms with Crippen LogP contribution >= 0.6 is 0 Å². The van der Waals surface area contributed by atoms with Gasteiger partial charge in [-0.15, -0.1) is 0 Å². The molecule has 1 aliphatic carbocycles. The summed E-state index contributed by atoms with van der Waals surface area (Å²) in [5.74, 6) is -3.35. The maximum absolute atomic E-state index is 12.5. The van der Waals surface area contributed by atoms with Crippen molar-refractivity contribution in [3.63, 3.8) is 0 Å². The lowest BCUT2D eigenvalue weighted by molar-refractivity contribution is 0.129. The second kappa shape index (κ2) is 2.12. The number of rotatable bonds is 0. The first kappa shape index (κ1) is 7.34. The SMILES string of the molecule is NC1(F)C=CC(F)=CC1F. The molecule has 0 saturated carbocycles. The van der Waals surface area contributed by atoms with Crippen LogP contribution in [0, 0.1) is 0 Å². The van der Waals surface area contributed by atoms with Gasteiger partial charge in [0.1, 0.15) is 5.83 Å². The second-order valence-corrected chi connectivity index (χ2v) is 2.11. The molecule has 2 atom stereocenters. The van der Waals surface area contributed by atoms with Gasteiger partial charge in [-0.3, -0.25) is 5.73 Å². The molecule has 0 aromatic heterocycles. The molecule has 0 spiro atoms. The van der Waals surface area contributed by atoms with Gasteiger partial charge >= 0.3 is 0 Å². The van der Waals surface area contributed by atoms with Gasteiger partial charge in [-0.2, -0.15) is 0 Å². The van der Waals surface area contributed by atoms with E-state index < -0.39 is 17.8 Å². The zero-order valence-electron chi connectivity index (χ0n) is 5.02. The molecular formula is C6H6F3N. The Bertz CT molecular complexity index is 195. The second-order valence-electron chi connectivity index (χ2n) is 2.11. The molecule has 0 bridgehead atoms. The number of hydrogen-bond donors (Lipinski definition) is 1. The number of allylic oxidation sites excluding steroid dienone is 2. The van der Waals surface area contributed by atoms with Crippen molar-refractivity contribution in [2.75, 3.05) is 0 Å². The molecule has 0 aromatic rings. The number of alkyl halides is 2. The largest absolute Gasteiger partial charge is 0.293 e. The first-order chi connectivity index (χ1) is 4.52. The molecule has 0 saturated heterocycles. The predicted octanol–water partition coefficient (Wildman–Crippen LogP) is 1.37. The predicted molar refractivity (Wildman–Crippen MR) is 31.3 cm³/mol. The zero-order valence-corrected chi connectivity index (χ0v) is 5.02. The van der Waals surface area contributed by atoms with Gasteiger partial charge in [0, 0.05) is 0 Å². The molecule has 1 nitrogen and oxygen atoms in total. The van der Waals surface area contributed by atoms with Gasteiger partial charge < -0.3 is 0 Å². The highest BCUT2D eigenvalue weighted by Gasteiger charge is 2.33. The van der Waals surface area contributed by atoms with Crippen molar-refractivity contribution in [1.82, 2.24) is 0 Å². The van der Waals surface area contributed by atoms with Crippen molar-refractivity contribution in [3.05, 3.63) is 24.1 Å². The molecular weight excluding hydrogens is 143 g/mol. The lowest BCUT2D eigenvalue weighted by atomic mass is 10.1. The summed E-state index contributed by atoms with van der Waals surface area (Å²) in [6, 6.07) is 0. The van der Waals surface area contributed by atoms with E-state index in [9.17, 15) is 13.2 Å². The summed E-state index contributed by atoms with van der Waals surface area (Å²) in [4.78, 5) is 0. The van der Waals surface area contributed by atoms with E-state index in [1.807, 2.05) is 0 Å². The van der Waals surface area contributed by atoms with E-state index in [1.165, 1.54) is 0 Å². The van der Waals surface area contributed by atoms with E-state index in [4.69, 9.17) is 5.73 Å². The first-order valence-corrected chi connectivity index (χ1v) is 2.71. The van der Waals surface area contributed by atoms with Gasteiger partial charge in [0.05, 0.1) is 0 Å². The van der Waals surface area contributed by atoms with Crippen molar-refractivity contribution >= 4 is 0 Å². The molecule has 4 heteroatoms. The molecule has 56 valence electrons. The molecule has 10 heavy (non-hydrogen) atoms. The van der Waals surface area contributed by atoms with Gasteiger partial charge in [0.15, 0.2) is 6.17 Å². The minimum Gasteiger partial charge on any atom is -0.293 e. The minimum atomic E-state index is -2.55. The highest BCUT2D eigenvalue weighted by molar-refractivity contribution is 5.25. The van der Waals surface area contributed by atoms with Crippen LogP contribution in [0.15, 0.2) is 24.1 Å². The maximum Gasteiger partial charge on any atom is 0.213 e. The Labute approximate surface area is 56.0 Å². The van der Waals surface area contributed by atoms with Gasteiger partial charge in [-0.25, -0.2) is 13.2 Å². The van der Waals surface area contributed by atoms with Gasteiger partial charge in [0.2, 0.25) is 5.79 Å². The van der Waals surface area contributed by atoms with Crippen LogP contribution < -0.4 is 5.73 Å². The standard InChI is InChI=1S/C6H6F3N/c7-4-1-2-6(9,10)5(8)3-4/h1-3,5H,10H2. The lowest BCUT2D eigenvalue weighted by Crippen LogP contribution is -2.42. The summed E-state index contributed by atoms with van der Waals surface area (Å²) in [5, 5.41) is 0. The van der Waals surface area contributed by atoms with Crippen LogP contribution in [0.5, 0.6) is 0 Å². The molecule has 0 aliphatic heterocycles. The number of nitrogens with two attached hydrogens (primary N) is 1. The van der Waals surface area contributed by atoms with Crippen LogP contribution in [0.25, 0.3) is 0 Å². The van der Waals surface area contributed by atoms with Gasteiger partial charge in [-0.1, -0.05) is 0 Å². The molecule has 0 aromatic carbocycles. The molecule has 0 heterocycles. The van der Waals surface area contributed by atoms with Crippen molar-refractivity contribution in [1.29, 1.82) is 0 Å². The molecule has 1 aliphatic rings.